The standard InChI is InChI=1S/C60H117N2O7P/c1-7-10-13-16-19-22-25-28-30-31-32-35-38-41-44-47-50-53-60(64)69-58(51-48-45-42-39-36-33-27-24-21-18-15-12-9-3)57(56-68-70(65,66)67-55-54-62(4,5)6)61-59(63)52-49-46-43-40-37-34-29-26-23-20-17-14-11-8-2/h34,37,48,51,57-58H,7-33,35-36,38-47,49-50,52-56H2,1-6H3,(H-,61,63,65,66)/p+1/b37-34-,51-48+. The van der Waals surface area contributed by atoms with E-state index in [4.69, 9.17) is 13.8 Å². The molecule has 0 spiro atoms. The first kappa shape index (κ1) is 68.5. The Morgan fingerprint density at radius 2 is 0.829 bits per heavy atom. The van der Waals surface area contributed by atoms with Gasteiger partial charge in [-0.15, -0.1) is 0 Å². The maximum Gasteiger partial charge on any atom is 0.472 e. The van der Waals surface area contributed by atoms with Crippen molar-refractivity contribution in [1.82, 2.24) is 5.32 Å². The molecule has 0 aliphatic heterocycles. The molecule has 414 valence electrons. The first-order valence-corrected chi connectivity index (χ1v) is 31.7. The smallest absolute Gasteiger partial charge is 0.456 e. The molecule has 0 aliphatic rings. The lowest BCUT2D eigenvalue weighted by Crippen LogP contribution is -2.47. The van der Waals surface area contributed by atoms with Gasteiger partial charge in [0.2, 0.25) is 5.91 Å². The van der Waals surface area contributed by atoms with Crippen molar-refractivity contribution in [2.45, 2.75) is 309 Å². The number of carbonyl (C=O) groups excluding carboxylic acids is 2. The lowest BCUT2D eigenvalue weighted by Gasteiger charge is -2.27. The van der Waals surface area contributed by atoms with Gasteiger partial charge in [0.1, 0.15) is 19.3 Å². The van der Waals surface area contributed by atoms with Gasteiger partial charge in [-0.05, 0) is 57.4 Å². The number of nitrogens with one attached hydrogen (secondary N) is 1. The second-order valence-corrected chi connectivity index (χ2v) is 23.3. The van der Waals surface area contributed by atoms with Crippen LogP contribution in [0.2, 0.25) is 0 Å². The lowest BCUT2D eigenvalue weighted by molar-refractivity contribution is -0.870. The van der Waals surface area contributed by atoms with Crippen LogP contribution in [0.1, 0.15) is 297 Å². The summed E-state index contributed by atoms with van der Waals surface area (Å²) in [6.45, 7) is 7.03. The number of quaternary nitrogens is 1. The van der Waals surface area contributed by atoms with Gasteiger partial charge in [-0.3, -0.25) is 18.6 Å². The number of rotatable bonds is 55. The van der Waals surface area contributed by atoms with Crippen molar-refractivity contribution < 1.29 is 37.3 Å². The molecule has 0 fully saturated rings. The number of hydrogen-bond acceptors (Lipinski definition) is 6. The normalized spacial score (nSPS) is 13.9. The van der Waals surface area contributed by atoms with Gasteiger partial charge in [-0.1, -0.05) is 251 Å². The molecule has 0 rings (SSSR count). The average molecular weight is 1010 g/mol. The van der Waals surface area contributed by atoms with Crippen molar-refractivity contribution in [3.05, 3.63) is 24.3 Å². The van der Waals surface area contributed by atoms with E-state index >= 15 is 0 Å². The number of esters is 1. The van der Waals surface area contributed by atoms with Crippen LogP contribution in [0.15, 0.2) is 24.3 Å². The Morgan fingerprint density at radius 3 is 1.23 bits per heavy atom. The Bertz CT molecular complexity index is 1250. The summed E-state index contributed by atoms with van der Waals surface area (Å²) in [4.78, 5) is 37.6. The van der Waals surface area contributed by atoms with Gasteiger partial charge in [0.15, 0.2) is 0 Å². The SMILES string of the molecule is CCCCCCCCC/C=C\CCCCCC(=O)NC(COP(=O)(O)OCC[N+](C)(C)C)C(/C=C/CCCCCCCCCCCCC)OC(=O)CCCCCCCCCCCCCCCCCCC. The number of ether oxygens (including phenoxy) is 1. The highest BCUT2D eigenvalue weighted by molar-refractivity contribution is 7.47. The van der Waals surface area contributed by atoms with Gasteiger partial charge in [-0.2, -0.15) is 0 Å². The largest absolute Gasteiger partial charge is 0.472 e. The van der Waals surface area contributed by atoms with Crippen LogP contribution in [0.4, 0.5) is 0 Å². The van der Waals surface area contributed by atoms with E-state index < -0.39 is 20.0 Å². The number of phosphoric ester groups is 1. The lowest BCUT2D eigenvalue weighted by atomic mass is 10.0. The number of carbonyl (C=O) groups is 2. The molecule has 0 radical (unpaired) electrons. The molecule has 0 saturated heterocycles. The monoisotopic (exact) mass is 1010 g/mol. The molecule has 0 aliphatic carbocycles. The fourth-order valence-corrected chi connectivity index (χ4v) is 9.67. The highest BCUT2D eigenvalue weighted by Gasteiger charge is 2.30. The number of allylic oxidation sites excluding steroid dienone is 3. The Hall–Kier alpha value is -1.51. The summed E-state index contributed by atoms with van der Waals surface area (Å²) in [6, 6.07) is -0.849. The molecule has 0 aromatic rings. The molecule has 0 bridgehead atoms. The number of nitrogens with zero attached hydrogens (tertiary/aromatic N) is 1. The molecule has 10 heteroatoms. The molecule has 3 unspecified atom stereocenters. The Morgan fingerprint density at radius 1 is 0.486 bits per heavy atom. The van der Waals surface area contributed by atoms with Gasteiger partial charge in [0.25, 0.3) is 0 Å². The maximum absolute atomic E-state index is 13.5. The molecular formula is C60H118N2O7P+. The van der Waals surface area contributed by atoms with Crippen molar-refractivity contribution in [2.75, 3.05) is 40.9 Å². The molecule has 0 heterocycles. The maximum atomic E-state index is 13.5. The van der Waals surface area contributed by atoms with Crippen LogP contribution in [0.25, 0.3) is 0 Å². The number of amides is 1. The van der Waals surface area contributed by atoms with Gasteiger partial charge in [0.05, 0.1) is 33.8 Å². The van der Waals surface area contributed by atoms with E-state index in [0.717, 1.165) is 70.6 Å². The molecular weight excluding hydrogens is 892 g/mol. The van der Waals surface area contributed by atoms with Crippen molar-refractivity contribution in [3.63, 3.8) is 0 Å². The summed E-state index contributed by atoms with van der Waals surface area (Å²) in [7, 11) is 1.50. The van der Waals surface area contributed by atoms with Crippen LogP contribution in [-0.2, 0) is 27.9 Å². The number of unbranched alkanes of at least 4 members (excludes halogenated alkanes) is 37. The van der Waals surface area contributed by atoms with Crippen LogP contribution in [0.5, 0.6) is 0 Å². The fraction of sp³-hybridized carbons (Fsp3) is 0.900. The fourth-order valence-electron chi connectivity index (χ4n) is 8.94. The zero-order valence-electron chi connectivity index (χ0n) is 47.3. The zero-order chi connectivity index (χ0) is 51.5. The van der Waals surface area contributed by atoms with Crippen molar-refractivity contribution in [2.24, 2.45) is 0 Å². The minimum Gasteiger partial charge on any atom is -0.456 e. The third kappa shape index (κ3) is 51.4. The van der Waals surface area contributed by atoms with E-state index in [1.807, 2.05) is 33.3 Å². The Kier molecular flexibility index (Phi) is 49.9. The summed E-state index contributed by atoms with van der Waals surface area (Å²) in [6.07, 6.45) is 58.8. The highest BCUT2D eigenvalue weighted by atomic mass is 31.2. The topological polar surface area (TPSA) is 111 Å². The van der Waals surface area contributed by atoms with E-state index in [1.165, 1.54) is 193 Å². The summed E-state index contributed by atoms with van der Waals surface area (Å²) >= 11 is 0. The minimum atomic E-state index is -4.44. The van der Waals surface area contributed by atoms with Gasteiger partial charge >= 0.3 is 13.8 Å². The van der Waals surface area contributed by atoms with E-state index in [2.05, 4.69) is 38.2 Å². The van der Waals surface area contributed by atoms with Gasteiger partial charge < -0.3 is 19.4 Å². The molecule has 2 N–H and O–H groups in total. The summed E-state index contributed by atoms with van der Waals surface area (Å²) in [5.41, 5.74) is 0. The minimum absolute atomic E-state index is 0.0409. The number of likely N-dealkylation sites (N-methyl/N-ethyl adjacent to an activating group) is 1. The third-order valence-electron chi connectivity index (χ3n) is 13.6. The van der Waals surface area contributed by atoms with Crippen LogP contribution in [-0.4, -0.2) is 74.3 Å². The third-order valence-corrected chi connectivity index (χ3v) is 14.6. The van der Waals surface area contributed by atoms with Gasteiger partial charge in [0, 0.05) is 12.8 Å². The molecule has 9 nitrogen and oxygen atoms in total. The summed E-state index contributed by atoms with van der Waals surface area (Å²) < 4.78 is 30.7. The second kappa shape index (κ2) is 51.0. The molecule has 3 atom stereocenters. The summed E-state index contributed by atoms with van der Waals surface area (Å²) in [5.74, 6) is -0.509. The first-order valence-electron chi connectivity index (χ1n) is 30.2. The molecule has 0 aromatic heterocycles. The molecule has 1 amide bonds. The van der Waals surface area contributed by atoms with Crippen molar-refractivity contribution in [3.8, 4) is 0 Å². The molecule has 70 heavy (non-hydrogen) atoms. The molecule has 0 saturated carbocycles. The summed E-state index contributed by atoms with van der Waals surface area (Å²) in [5, 5.41) is 3.05. The van der Waals surface area contributed by atoms with Crippen LogP contribution in [0, 0.1) is 0 Å². The average Bonchev–Trinajstić information content (AvgIpc) is 3.32. The predicted octanol–water partition coefficient (Wildman–Crippen LogP) is 18.2. The Labute approximate surface area is 434 Å². The predicted molar refractivity (Wildman–Crippen MR) is 300 cm³/mol. The molecule has 0 aromatic carbocycles. The van der Waals surface area contributed by atoms with E-state index in [1.54, 1.807) is 0 Å². The Balaban J connectivity index is 5.31. The van der Waals surface area contributed by atoms with Crippen molar-refractivity contribution in [1.29, 1.82) is 0 Å². The van der Waals surface area contributed by atoms with Crippen molar-refractivity contribution >= 4 is 19.7 Å². The first-order chi connectivity index (χ1) is 33.9. The second-order valence-electron chi connectivity index (χ2n) is 21.9. The number of hydrogen-bond donors (Lipinski definition) is 2. The van der Waals surface area contributed by atoms with Gasteiger partial charge in [-0.25, -0.2) is 4.57 Å². The van der Waals surface area contributed by atoms with Crippen LogP contribution < -0.4 is 5.32 Å². The zero-order valence-corrected chi connectivity index (χ0v) is 48.2. The highest BCUT2D eigenvalue weighted by Crippen LogP contribution is 2.43. The van der Waals surface area contributed by atoms with E-state index in [9.17, 15) is 19.0 Å². The van der Waals surface area contributed by atoms with Crippen LogP contribution in [0.3, 0.4) is 0 Å². The van der Waals surface area contributed by atoms with Crippen LogP contribution >= 0.6 is 7.82 Å². The van der Waals surface area contributed by atoms with E-state index in [0.29, 0.717) is 23.9 Å². The quantitative estimate of drug-likeness (QED) is 0.0205. The number of phosphoric acid groups is 1. The van der Waals surface area contributed by atoms with E-state index in [-0.39, 0.29) is 25.1 Å².